The lowest BCUT2D eigenvalue weighted by molar-refractivity contribution is -0.115. The number of carbonyl (C=O) groups excluding carboxylic acids is 1. The van der Waals surface area contributed by atoms with E-state index in [1.807, 2.05) is 60.7 Å². The summed E-state index contributed by atoms with van der Waals surface area (Å²) in [5, 5.41) is 2.94. The first-order chi connectivity index (χ1) is 14.1. The highest BCUT2D eigenvalue weighted by molar-refractivity contribution is 5.92. The molecule has 1 amide bonds. The molecule has 0 unspecified atom stereocenters. The highest BCUT2D eigenvalue weighted by Crippen LogP contribution is 2.23. The lowest BCUT2D eigenvalue weighted by atomic mass is 10.0. The van der Waals surface area contributed by atoms with E-state index in [2.05, 4.69) is 36.3 Å². The van der Waals surface area contributed by atoms with Gasteiger partial charge in [0, 0.05) is 12.1 Å². The SMILES string of the molecule is CC(C)c1ccc2oc(Cc3ccc(NC(=O)Cc4ccccc4)cc3)nc2c1. The quantitative estimate of drug-likeness (QED) is 0.462. The van der Waals surface area contributed by atoms with Gasteiger partial charge in [0.15, 0.2) is 11.5 Å². The molecule has 29 heavy (non-hydrogen) atoms. The second-order valence-electron chi connectivity index (χ2n) is 7.57. The normalized spacial score (nSPS) is 11.1. The summed E-state index contributed by atoms with van der Waals surface area (Å²) in [6.45, 7) is 4.34. The summed E-state index contributed by atoms with van der Waals surface area (Å²) in [6.07, 6.45) is 0.980. The van der Waals surface area contributed by atoms with Gasteiger partial charge >= 0.3 is 0 Å². The maximum absolute atomic E-state index is 12.2. The second kappa shape index (κ2) is 8.31. The second-order valence-corrected chi connectivity index (χ2v) is 7.57. The minimum absolute atomic E-state index is 0.0242. The maximum Gasteiger partial charge on any atom is 0.228 e. The average molecular weight is 384 g/mol. The summed E-state index contributed by atoms with van der Waals surface area (Å²) in [6, 6.07) is 23.7. The van der Waals surface area contributed by atoms with Crippen molar-refractivity contribution in [3.63, 3.8) is 0 Å². The Morgan fingerprint density at radius 3 is 2.45 bits per heavy atom. The molecule has 0 aliphatic rings. The Hall–Kier alpha value is -3.40. The summed E-state index contributed by atoms with van der Waals surface area (Å²) < 4.78 is 5.89. The van der Waals surface area contributed by atoms with E-state index in [0.717, 1.165) is 27.9 Å². The Kier molecular flexibility index (Phi) is 5.43. The van der Waals surface area contributed by atoms with Crippen LogP contribution in [-0.4, -0.2) is 10.9 Å². The molecule has 0 spiro atoms. The molecule has 4 heteroatoms. The van der Waals surface area contributed by atoms with Crippen LogP contribution in [0.25, 0.3) is 11.1 Å². The largest absolute Gasteiger partial charge is 0.440 e. The molecule has 0 fully saturated rings. The van der Waals surface area contributed by atoms with Crippen LogP contribution in [0, 0.1) is 0 Å². The molecular weight excluding hydrogens is 360 g/mol. The number of nitrogens with zero attached hydrogens (tertiary/aromatic N) is 1. The van der Waals surface area contributed by atoms with Crippen molar-refractivity contribution >= 4 is 22.7 Å². The fraction of sp³-hybridized carbons (Fsp3) is 0.200. The topological polar surface area (TPSA) is 55.1 Å². The summed E-state index contributed by atoms with van der Waals surface area (Å²) >= 11 is 0. The molecule has 4 aromatic rings. The molecule has 0 saturated heterocycles. The molecule has 4 nitrogen and oxygen atoms in total. The number of rotatable bonds is 6. The van der Waals surface area contributed by atoms with Crippen LogP contribution in [0.2, 0.25) is 0 Å². The van der Waals surface area contributed by atoms with Gasteiger partial charge in [-0.1, -0.05) is 62.4 Å². The number of oxazole rings is 1. The average Bonchev–Trinajstić information content (AvgIpc) is 3.11. The molecule has 0 saturated carbocycles. The van der Waals surface area contributed by atoms with Crippen LogP contribution < -0.4 is 5.32 Å². The molecule has 0 aliphatic heterocycles. The van der Waals surface area contributed by atoms with Gasteiger partial charge in [-0.15, -0.1) is 0 Å². The number of carbonyl (C=O) groups is 1. The standard InChI is InChI=1S/C25H24N2O2/c1-17(2)20-10-13-23-22(16-20)27-25(29-23)15-19-8-11-21(12-9-19)26-24(28)14-18-6-4-3-5-7-18/h3-13,16-17H,14-15H2,1-2H3,(H,26,28). The van der Waals surface area contributed by atoms with Crippen LogP contribution in [0.5, 0.6) is 0 Å². The number of benzene rings is 3. The number of nitrogens with one attached hydrogen (secondary N) is 1. The van der Waals surface area contributed by atoms with E-state index < -0.39 is 0 Å². The molecule has 0 radical (unpaired) electrons. The Labute approximate surface area is 170 Å². The summed E-state index contributed by atoms with van der Waals surface area (Å²) in [5.41, 5.74) is 5.84. The highest BCUT2D eigenvalue weighted by Gasteiger charge is 2.09. The summed E-state index contributed by atoms with van der Waals surface area (Å²) in [5.74, 6) is 1.13. The van der Waals surface area contributed by atoms with Gasteiger partial charge in [0.25, 0.3) is 0 Å². The van der Waals surface area contributed by atoms with Gasteiger partial charge in [-0.3, -0.25) is 4.79 Å². The van der Waals surface area contributed by atoms with Crippen molar-refractivity contribution in [1.29, 1.82) is 0 Å². The van der Waals surface area contributed by atoms with Crippen molar-refractivity contribution in [3.8, 4) is 0 Å². The summed E-state index contributed by atoms with van der Waals surface area (Å²) in [7, 11) is 0. The third kappa shape index (κ3) is 4.72. The van der Waals surface area contributed by atoms with Crippen LogP contribution in [0.1, 0.15) is 42.3 Å². The zero-order valence-corrected chi connectivity index (χ0v) is 16.7. The Balaban J connectivity index is 1.40. The number of fused-ring (bicyclic) bond motifs is 1. The molecule has 1 N–H and O–H groups in total. The molecule has 146 valence electrons. The van der Waals surface area contributed by atoms with E-state index in [9.17, 15) is 4.79 Å². The smallest absolute Gasteiger partial charge is 0.228 e. The minimum Gasteiger partial charge on any atom is -0.440 e. The van der Waals surface area contributed by atoms with Gasteiger partial charge < -0.3 is 9.73 Å². The van der Waals surface area contributed by atoms with Crippen molar-refractivity contribution in [2.45, 2.75) is 32.6 Å². The van der Waals surface area contributed by atoms with E-state index in [-0.39, 0.29) is 5.91 Å². The Morgan fingerprint density at radius 1 is 0.966 bits per heavy atom. The van der Waals surface area contributed by atoms with Gasteiger partial charge in [0.1, 0.15) is 5.52 Å². The summed E-state index contributed by atoms with van der Waals surface area (Å²) in [4.78, 5) is 16.8. The van der Waals surface area contributed by atoms with Crippen LogP contribution in [0.15, 0.2) is 77.2 Å². The molecule has 1 heterocycles. The van der Waals surface area contributed by atoms with Gasteiger partial charge in [0.05, 0.1) is 6.42 Å². The zero-order valence-electron chi connectivity index (χ0n) is 16.7. The molecular formula is C25H24N2O2. The molecule has 0 bridgehead atoms. The fourth-order valence-electron chi connectivity index (χ4n) is 3.29. The fourth-order valence-corrected chi connectivity index (χ4v) is 3.29. The molecule has 0 atom stereocenters. The number of aromatic nitrogens is 1. The van der Waals surface area contributed by atoms with E-state index in [4.69, 9.17) is 4.42 Å². The van der Waals surface area contributed by atoms with Crippen molar-refractivity contribution in [1.82, 2.24) is 4.98 Å². The number of amides is 1. The number of anilines is 1. The molecule has 0 aliphatic carbocycles. The third-order valence-electron chi connectivity index (χ3n) is 4.92. The van der Waals surface area contributed by atoms with Crippen LogP contribution in [-0.2, 0) is 17.6 Å². The minimum atomic E-state index is -0.0242. The lowest BCUT2D eigenvalue weighted by Gasteiger charge is -2.06. The molecule has 4 rings (SSSR count). The predicted molar refractivity (Wildman–Crippen MR) is 116 cm³/mol. The number of hydrogen-bond acceptors (Lipinski definition) is 3. The predicted octanol–water partition coefficient (Wildman–Crippen LogP) is 5.72. The van der Waals surface area contributed by atoms with Gasteiger partial charge in [0.2, 0.25) is 5.91 Å². The van der Waals surface area contributed by atoms with Gasteiger partial charge in [-0.05, 0) is 46.9 Å². The first-order valence-corrected chi connectivity index (χ1v) is 9.89. The van der Waals surface area contributed by atoms with E-state index in [1.54, 1.807) is 0 Å². The van der Waals surface area contributed by atoms with Gasteiger partial charge in [-0.2, -0.15) is 0 Å². The van der Waals surface area contributed by atoms with E-state index in [0.29, 0.717) is 24.7 Å². The van der Waals surface area contributed by atoms with Crippen LogP contribution in [0.4, 0.5) is 5.69 Å². The van der Waals surface area contributed by atoms with E-state index in [1.165, 1.54) is 5.56 Å². The van der Waals surface area contributed by atoms with Crippen molar-refractivity contribution in [2.24, 2.45) is 0 Å². The monoisotopic (exact) mass is 384 g/mol. The van der Waals surface area contributed by atoms with Crippen molar-refractivity contribution in [2.75, 3.05) is 5.32 Å². The lowest BCUT2D eigenvalue weighted by Crippen LogP contribution is -2.14. The van der Waals surface area contributed by atoms with Gasteiger partial charge in [-0.25, -0.2) is 4.98 Å². The Morgan fingerprint density at radius 2 is 1.72 bits per heavy atom. The van der Waals surface area contributed by atoms with Crippen LogP contribution in [0.3, 0.4) is 0 Å². The molecule has 1 aromatic heterocycles. The Bertz CT molecular complexity index is 1110. The van der Waals surface area contributed by atoms with Crippen molar-refractivity contribution < 1.29 is 9.21 Å². The first-order valence-electron chi connectivity index (χ1n) is 9.89. The third-order valence-corrected chi connectivity index (χ3v) is 4.92. The molecule has 3 aromatic carbocycles. The maximum atomic E-state index is 12.2. The van der Waals surface area contributed by atoms with Crippen LogP contribution >= 0.6 is 0 Å². The highest BCUT2D eigenvalue weighted by atomic mass is 16.3. The zero-order chi connectivity index (χ0) is 20.2. The van der Waals surface area contributed by atoms with E-state index >= 15 is 0 Å². The first kappa shape index (κ1) is 18.9. The number of hydrogen-bond donors (Lipinski definition) is 1. The van der Waals surface area contributed by atoms with Crippen molar-refractivity contribution in [3.05, 3.63) is 95.4 Å².